The molecule has 2 rings (SSSR count). The first kappa shape index (κ1) is 13.5. The number of amides is 2. The molecule has 6 heteroatoms. The van der Waals surface area contributed by atoms with Gasteiger partial charge in [0.2, 0.25) is 0 Å². The van der Waals surface area contributed by atoms with Crippen molar-refractivity contribution in [2.75, 3.05) is 17.7 Å². The van der Waals surface area contributed by atoms with Crippen molar-refractivity contribution >= 4 is 23.5 Å². The lowest BCUT2D eigenvalue weighted by Gasteiger charge is -2.07. The zero-order valence-electron chi connectivity index (χ0n) is 10.8. The lowest BCUT2D eigenvalue weighted by molar-refractivity contribution is 0.0601. The van der Waals surface area contributed by atoms with Crippen LogP contribution in [0.1, 0.15) is 10.4 Å². The van der Waals surface area contributed by atoms with Gasteiger partial charge in [0.05, 0.1) is 12.7 Å². The SMILES string of the molecule is COC(=O)c1ccc(NC(=O)Nc2ccccn2)cc1. The molecule has 0 saturated heterocycles. The number of anilines is 2. The van der Waals surface area contributed by atoms with Gasteiger partial charge in [-0.15, -0.1) is 0 Å². The summed E-state index contributed by atoms with van der Waals surface area (Å²) in [5.41, 5.74) is 0.981. The van der Waals surface area contributed by atoms with E-state index in [0.29, 0.717) is 17.1 Å². The monoisotopic (exact) mass is 271 g/mol. The van der Waals surface area contributed by atoms with Crippen molar-refractivity contribution in [1.82, 2.24) is 4.98 Å². The van der Waals surface area contributed by atoms with Crippen molar-refractivity contribution in [3.8, 4) is 0 Å². The summed E-state index contributed by atoms with van der Waals surface area (Å²) in [7, 11) is 1.31. The highest BCUT2D eigenvalue weighted by atomic mass is 16.5. The zero-order chi connectivity index (χ0) is 14.4. The minimum absolute atomic E-state index is 0.408. The Bertz CT molecular complexity index is 597. The number of nitrogens with zero attached hydrogens (tertiary/aromatic N) is 1. The van der Waals surface area contributed by atoms with Gasteiger partial charge in [-0.25, -0.2) is 14.6 Å². The maximum absolute atomic E-state index is 11.7. The molecule has 2 aromatic rings. The second-order valence-corrected chi connectivity index (χ2v) is 3.86. The molecule has 0 atom stereocenters. The first-order chi connectivity index (χ1) is 9.69. The predicted molar refractivity (Wildman–Crippen MR) is 74.7 cm³/mol. The lowest BCUT2D eigenvalue weighted by atomic mass is 10.2. The van der Waals surface area contributed by atoms with Crippen LogP contribution >= 0.6 is 0 Å². The molecular formula is C14H13N3O3. The van der Waals surface area contributed by atoms with Crippen LogP contribution in [0.2, 0.25) is 0 Å². The zero-order valence-corrected chi connectivity index (χ0v) is 10.8. The number of carbonyl (C=O) groups excluding carboxylic acids is 2. The third-order valence-electron chi connectivity index (χ3n) is 2.47. The van der Waals surface area contributed by atoms with Crippen molar-refractivity contribution in [2.24, 2.45) is 0 Å². The summed E-state index contributed by atoms with van der Waals surface area (Å²) in [4.78, 5) is 26.9. The van der Waals surface area contributed by atoms with E-state index in [9.17, 15) is 9.59 Å². The van der Waals surface area contributed by atoms with Gasteiger partial charge in [0, 0.05) is 11.9 Å². The van der Waals surface area contributed by atoms with Crippen LogP contribution in [-0.4, -0.2) is 24.1 Å². The molecule has 0 spiro atoms. The first-order valence-corrected chi connectivity index (χ1v) is 5.86. The Morgan fingerprint density at radius 1 is 1.05 bits per heavy atom. The van der Waals surface area contributed by atoms with Crippen molar-refractivity contribution in [3.63, 3.8) is 0 Å². The van der Waals surface area contributed by atoms with Crippen LogP contribution in [0.4, 0.5) is 16.3 Å². The number of pyridine rings is 1. The molecule has 0 fully saturated rings. The predicted octanol–water partition coefficient (Wildman–Crippen LogP) is 2.51. The van der Waals surface area contributed by atoms with E-state index >= 15 is 0 Å². The maximum Gasteiger partial charge on any atom is 0.337 e. The van der Waals surface area contributed by atoms with Gasteiger partial charge in [-0.2, -0.15) is 0 Å². The fourth-order valence-corrected chi connectivity index (χ4v) is 1.52. The topological polar surface area (TPSA) is 80.3 Å². The second-order valence-electron chi connectivity index (χ2n) is 3.86. The van der Waals surface area contributed by atoms with Crippen molar-refractivity contribution in [3.05, 3.63) is 54.2 Å². The summed E-state index contributed by atoms with van der Waals surface area (Å²) in [6, 6.07) is 11.2. The smallest absolute Gasteiger partial charge is 0.337 e. The molecule has 6 nitrogen and oxygen atoms in total. The molecule has 2 amide bonds. The van der Waals surface area contributed by atoms with E-state index in [4.69, 9.17) is 0 Å². The van der Waals surface area contributed by atoms with Gasteiger partial charge in [-0.1, -0.05) is 6.07 Å². The molecule has 0 aliphatic carbocycles. The lowest BCUT2D eigenvalue weighted by Crippen LogP contribution is -2.20. The highest BCUT2D eigenvalue weighted by Gasteiger charge is 2.06. The van der Waals surface area contributed by atoms with Crippen LogP contribution < -0.4 is 10.6 Å². The Labute approximate surface area is 115 Å². The summed E-state index contributed by atoms with van der Waals surface area (Å²) in [5.74, 6) is 0.0330. The minimum Gasteiger partial charge on any atom is -0.465 e. The molecule has 1 heterocycles. The quantitative estimate of drug-likeness (QED) is 0.840. The highest BCUT2D eigenvalue weighted by Crippen LogP contribution is 2.11. The van der Waals surface area contributed by atoms with E-state index < -0.39 is 12.0 Å². The van der Waals surface area contributed by atoms with Crippen LogP contribution in [0, 0.1) is 0 Å². The van der Waals surface area contributed by atoms with Crippen molar-refractivity contribution < 1.29 is 14.3 Å². The number of hydrogen-bond acceptors (Lipinski definition) is 4. The third-order valence-corrected chi connectivity index (χ3v) is 2.47. The van der Waals surface area contributed by atoms with Crippen molar-refractivity contribution in [1.29, 1.82) is 0 Å². The summed E-state index contributed by atoms with van der Waals surface area (Å²) in [5, 5.41) is 5.22. The molecule has 0 unspecified atom stereocenters. The third kappa shape index (κ3) is 3.55. The van der Waals surface area contributed by atoms with Gasteiger partial charge < -0.3 is 10.1 Å². The number of rotatable bonds is 3. The molecule has 0 aliphatic heterocycles. The van der Waals surface area contributed by atoms with E-state index in [-0.39, 0.29) is 0 Å². The standard InChI is InChI=1S/C14H13N3O3/c1-20-13(18)10-5-7-11(8-6-10)16-14(19)17-12-4-2-3-9-15-12/h2-9H,1H3,(H2,15,16,17,19). The van der Waals surface area contributed by atoms with Gasteiger partial charge in [0.25, 0.3) is 0 Å². The highest BCUT2D eigenvalue weighted by molar-refractivity contribution is 5.99. The van der Waals surface area contributed by atoms with Gasteiger partial charge in [-0.3, -0.25) is 5.32 Å². The van der Waals surface area contributed by atoms with E-state index in [2.05, 4.69) is 20.4 Å². The number of benzene rings is 1. The van der Waals surface area contributed by atoms with Gasteiger partial charge >= 0.3 is 12.0 Å². The van der Waals surface area contributed by atoms with E-state index in [1.54, 1.807) is 48.7 Å². The maximum atomic E-state index is 11.7. The largest absolute Gasteiger partial charge is 0.465 e. The average Bonchev–Trinajstić information content (AvgIpc) is 2.48. The average molecular weight is 271 g/mol. The summed E-state index contributed by atoms with van der Waals surface area (Å²) in [6.45, 7) is 0. The fraction of sp³-hybridized carbons (Fsp3) is 0.0714. The van der Waals surface area contributed by atoms with Gasteiger partial charge in [0.1, 0.15) is 5.82 Å². The van der Waals surface area contributed by atoms with E-state index in [1.165, 1.54) is 7.11 Å². The van der Waals surface area contributed by atoms with Gasteiger partial charge in [-0.05, 0) is 36.4 Å². The Morgan fingerprint density at radius 2 is 1.80 bits per heavy atom. The molecule has 102 valence electrons. The number of methoxy groups -OCH3 is 1. The molecule has 2 N–H and O–H groups in total. The first-order valence-electron chi connectivity index (χ1n) is 5.86. The summed E-state index contributed by atoms with van der Waals surface area (Å²) in [6.07, 6.45) is 1.58. The second kappa shape index (κ2) is 6.33. The summed E-state index contributed by atoms with van der Waals surface area (Å²) >= 11 is 0. The number of esters is 1. The molecule has 20 heavy (non-hydrogen) atoms. The molecule has 0 bridgehead atoms. The molecule has 0 aliphatic rings. The Kier molecular flexibility index (Phi) is 4.28. The molecular weight excluding hydrogens is 258 g/mol. The Hall–Kier alpha value is -2.89. The van der Waals surface area contributed by atoms with Crippen LogP contribution in [0.3, 0.4) is 0 Å². The number of ether oxygens (including phenoxy) is 1. The summed E-state index contributed by atoms with van der Waals surface area (Å²) < 4.78 is 4.59. The molecule has 1 aromatic heterocycles. The van der Waals surface area contributed by atoms with E-state index in [0.717, 1.165) is 0 Å². The minimum atomic E-state index is -0.422. The van der Waals surface area contributed by atoms with Crippen LogP contribution in [-0.2, 0) is 4.74 Å². The number of nitrogens with one attached hydrogen (secondary N) is 2. The number of hydrogen-bond donors (Lipinski definition) is 2. The number of carbonyl (C=O) groups is 2. The van der Waals surface area contributed by atoms with E-state index in [1.807, 2.05) is 0 Å². The van der Waals surface area contributed by atoms with Crippen LogP contribution in [0.5, 0.6) is 0 Å². The van der Waals surface area contributed by atoms with Gasteiger partial charge in [0.15, 0.2) is 0 Å². The van der Waals surface area contributed by atoms with Crippen molar-refractivity contribution in [2.45, 2.75) is 0 Å². The molecule has 0 radical (unpaired) electrons. The fourth-order valence-electron chi connectivity index (χ4n) is 1.52. The normalized spacial score (nSPS) is 9.65. The number of urea groups is 1. The molecule has 0 saturated carbocycles. The number of aromatic nitrogens is 1. The Morgan fingerprint density at radius 3 is 2.40 bits per heavy atom. The van der Waals surface area contributed by atoms with Crippen LogP contribution in [0.15, 0.2) is 48.7 Å². The Balaban J connectivity index is 1.96. The van der Waals surface area contributed by atoms with Crippen LogP contribution in [0.25, 0.3) is 0 Å². The molecule has 1 aromatic carbocycles.